The molecule has 1 saturated heterocycles. The minimum atomic E-state index is -3.72. The summed E-state index contributed by atoms with van der Waals surface area (Å²) in [4.78, 5) is 16.1. The van der Waals surface area contributed by atoms with Crippen LogP contribution in [0.3, 0.4) is 0 Å². The maximum absolute atomic E-state index is 12.8. The number of nitrogens with one attached hydrogen (secondary N) is 1. The van der Waals surface area contributed by atoms with Gasteiger partial charge in [0, 0.05) is 30.7 Å². The van der Waals surface area contributed by atoms with Crippen molar-refractivity contribution in [2.75, 3.05) is 37.8 Å². The van der Waals surface area contributed by atoms with E-state index < -0.39 is 10.0 Å². The Morgan fingerprint density at radius 1 is 1.19 bits per heavy atom. The van der Waals surface area contributed by atoms with E-state index >= 15 is 0 Å². The maximum atomic E-state index is 12.8. The smallest absolute Gasteiger partial charge is 0.243 e. The number of carbonyl (C=O) groups is 1. The summed E-state index contributed by atoms with van der Waals surface area (Å²) in [5.41, 5.74) is 2.20. The van der Waals surface area contributed by atoms with E-state index in [4.69, 9.17) is 0 Å². The van der Waals surface area contributed by atoms with Crippen LogP contribution in [-0.4, -0.2) is 51.6 Å². The number of hydrogen-bond acceptors (Lipinski definition) is 5. The van der Waals surface area contributed by atoms with E-state index in [1.807, 2.05) is 25.3 Å². The topological polar surface area (TPSA) is 69.7 Å². The summed E-state index contributed by atoms with van der Waals surface area (Å²) in [6.07, 6.45) is 4.43. The van der Waals surface area contributed by atoms with Gasteiger partial charge in [0.15, 0.2) is 0 Å². The lowest BCUT2D eigenvalue weighted by atomic mass is 9.99. The summed E-state index contributed by atoms with van der Waals surface area (Å²) in [5, 5.41) is 2.91. The van der Waals surface area contributed by atoms with Gasteiger partial charge in [-0.1, -0.05) is 19.1 Å². The van der Waals surface area contributed by atoms with Gasteiger partial charge in [-0.15, -0.1) is 11.8 Å². The lowest BCUT2D eigenvalue weighted by Gasteiger charge is -2.33. The maximum Gasteiger partial charge on any atom is 0.243 e. The molecule has 6 nitrogen and oxygen atoms in total. The van der Waals surface area contributed by atoms with Crippen LogP contribution in [0.4, 0.5) is 5.69 Å². The van der Waals surface area contributed by atoms with Gasteiger partial charge < -0.3 is 10.2 Å². The Morgan fingerprint density at radius 2 is 1.84 bits per heavy atom. The van der Waals surface area contributed by atoms with Gasteiger partial charge in [-0.25, -0.2) is 8.42 Å². The third-order valence-electron chi connectivity index (χ3n) is 5.93. The number of amides is 1. The first-order chi connectivity index (χ1) is 15.2. The van der Waals surface area contributed by atoms with Crippen LogP contribution in [0.5, 0.6) is 0 Å². The highest BCUT2D eigenvalue weighted by atomic mass is 32.2. The molecule has 32 heavy (non-hydrogen) atoms. The Hall–Kier alpha value is -2.03. The molecule has 0 aliphatic carbocycles. The number of hydrogen-bond donors (Lipinski definition) is 1. The first-order valence-electron chi connectivity index (χ1n) is 11.0. The molecular formula is C24H33N3O3S2. The molecule has 1 heterocycles. The fourth-order valence-electron chi connectivity index (χ4n) is 3.98. The van der Waals surface area contributed by atoms with E-state index in [1.165, 1.54) is 25.6 Å². The van der Waals surface area contributed by atoms with Crippen LogP contribution in [0.1, 0.15) is 38.3 Å². The zero-order chi connectivity index (χ0) is 23.3. The molecule has 0 saturated carbocycles. The monoisotopic (exact) mass is 475 g/mol. The number of thioether (sulfide) groups is 1. The van der Waals surface area contributed by atoms with Crippen molar-refractivity contribution in [3.63, 3.8) is 0 Å². The van der Waals surface area contributed by atoms with Crippen molar-refractivity contribution in [1.82, 2.24) is 9.62 Å². The number of likely N-dealkylation sites (N-methyl/N-ethyl adjacent to an activating group) is 1. The van der Waals surface area contributed by atoms with E-state index in [-0.39, 0.29) is 23.4 Å². The number of sulfonamides is 1. The minimum Gasteiger partial charge on any atom is -0.371 e. The first-order valence-corrected chi connectivity index (χ1v) is 13.6. The number of anilines is 1. The standard InChI is InChI=1S/C24H33N3O3S2/c1-18-6-5-15-27(16-18)21-9-7-20(8-10-21)19(2)25-24(28)17-26(3)32(29,30)23-13-11-22(31-4)12-14-23/h7-14,18-19H,5-6,15-17H2,1-4H3,(H,25,28)/t18-,19+/m0/s1. The van der Waals surface area contributed by atoms with Crippen LogP contribution in [0.25, 0.3) is 0 Å². The van der Waals surface area contributed by atoms with Crippen LogP contribution in [0, 0.1) is 5.92 Å². The normalized spacial score (nSPS) is 17.9. The molecule has 174 valence electrons. The Labute approximate surface area is 196 Å². The predicted octanol–water partition coefficient (Wildman–Crippen LogP) is 4.14. The number of nitrogens with zero attached hydrogens (tertiary/aromatic N) is 2. The van der Waals surface area contributed by atoms with Crippen molar-refractivity contribution >= 4 is 33.4 Å². The average Bonchev–Trinajstić information content (AvgIpc) is 2.79. The summed E-state index contributed by atoms with van der Waals surface area (Å²) >= 11 is 1.55. The third kappa shape index (κ3) is 6.05. The van der Waals surface area contributed by atoms with E-state index in [0.29, 0.717) is 5.92 Å². The van der Waals surface area contributed by atoms with Crippen molar-refractivity contribution in [1.29, 1.82) is 0 Å². The van der Waals surface area contributed by atoms with E-state index in [9.17, 15) is 13.2 Å². The Morgan fingerprint density at radius 3 is 2.44 bits per heavy atom. The van der Waals surface area contributed by atoms with E-state index in [0.717, 1.165) is 27.9 Å². The minimum absolute atomic E-state index is 0.182. The summed E-state index contributed by atoms with van der Waals surface area (Å²) in [6, 6.07) is 14.7. The highest BCUT2D eigenvalue weighted by molar-refractivity contribution is 7.98. The quantitative estimate of drug-likeness (QED) is 0.581. The molecule has 0 radical (unpaired) electrons. The highest BCUT2D eigenvalue weighted by Gasteiger charge is 2.24. The molecule has 1 aliphatic rings. The van der Waals surface area contributed by atoms with Crippen molar-refractivity contribution in [3.05, 3.63) is 54.1 Å². The van der Waals surface area contributed by atoms with Crippen molar-refractivity contribution in [3.8, 4) is 0 Å². The second kappa shape index (κ2) is 10.7. The van der Waals surface area contributed by atoms with Gasteiger partial charge in [0.25, 0.3) is 0 Å². The summed E-state index contributed by atoms with van der Waals surface area (Å²) < 4.78 is 26.6. The Bertz CT molecular complexity index is 1010. The predicted molar refractivity (Wildman–Crippen MR) is 132 cm³/mol. The van der Waals surface area contributed by atoms with Gasteiger partial charge >= 0.3 is 0 Å². The fraction of sp³-hybridized carbons (Fsp3) is 0.458. The first kappa shape index (κ1) is 24.6. The molecule has 0 spiro atoms. The van der Waals surface area contributed by atoms with Crippen LogP contribution in [-0.2, 0) is 14.8 Å². The van der Waals surface area contributed by atoms with Gasteiger partial charge in [-0.2, -0.15) is 4.31 Å². The second-order valence-corrected chi connectivity index (χ2v) is 11.4. The summed E-state index contributed by atoms with van der Waals surface area (Å²) in [5.74, 6) is 0.372. The molecule has 2 aromatic rings. The lowest BCUT2D eigenvalue weighted by molar-refractivity contribution is -0.121. The van der Waals surface area contributed by atoms with Crippen LogP contribution in [0.15, 0.2) is 58.3 Å². The highest BCUT2D eigenvalue weighted by Crippen LogP contribution is 2.25. The number of carbonyl (C=O) groups excluding carboxylic acids is 1. The van der Waals surface area contributed by atoms with Gasteiger partial charge in [-0.3, -0.25) is 4.79 Å². The van der Waals surface area contributed by atoms with Gasteiger partial charge in [-0.05, 0) is 73.9 Å². The van der Waals surface area contributed by atoms with Crippen LogP contribution < -0.4 is 10.2 Å². The summed E-state index contributed by atoms with van der Waals surface area (Å²) in [6.45, 7) is 6.12. The van der Waals surface area contributed by atoms with Gasteiger partial charge in [0.2, 0.25) is 15.9 Å². The lowest BCUT2D eigenvalue weighted by Crippen LogP contribution is -2.39. The van der Waals surface area contributed by atoms with E-state index in [2.05, 4.69) is 29.3 Å². The molecule has 8 heteroatoms. The fourth-order valence-corrected chi connectivity index (χ4v) is 5.52. The van der Waals surface area contributed by atoms with Crippen LogP contribution in [0.2, 0.25) is 0 Å². The second-order valence-electron chi connectivity index (χ2n) is 8.51. The molecule has 3 rings (SSSR count). The SMILES string of the molecule is CSc1ccc(S(=O)(=O)N(C)CC(=O)N[C@H](C)c2ccc(N3CCC[C@H](C)C3)cc2)cc1. The molecule has 2 atom stereocenters. The van der Waals surface area contributed by atoms with Crippen molar-refractivity contribution in [2.24, 2.45) is 5.92 Å². The van der Waals surface area contributed by atoms with Crippen molar-refractivity contribution < 1.29 is 13.2 Å². The van der Waals surface area contributed by atoms with Gasteiger partial charge in [0.1, 0.15) is 0 Å². The molecule has 0 bridgehead atoms. The zero-order valence-electron chi connectivity index (χ0n) is 19.2. The Kier molecular flexibility index (Phi) is 8.25. The molecule has 1 aliphatic heterocycles. The molecule has 2 aromatic carbocycles. The molecule has 0 unspecified atom stereocenters. The third-order valence-corrected chi connectivity index (χ3v) is 8.49. The molecule has 0 aromatic heterocycles. The molecule has 1 N–H and O–H groups in total. The van der Waals surface area contributed by atoms with Crippen molar-refractivity contribution in [2.45, 2.75) is 42.5 Å². The average molecular weight is 476 g/mol. The Balaban J connectivity index is 1.57. The summed E-state index contributed by atoms with van der Waals surface area (Å²) in [7, 11) is -2.30. The largest absolute Gasteiger partial charge is 0.371 e. The van der Waals surface area contributed by atoms with Crippen LogP contribution >= 0.6 is 11.8 Å². The number of benzene rings is 2. The number of piperidine rings is 1. The molecule has 1 amide bonds. The number of rotatable bonds is 8. The van der Waals surface area contributed by atoms with Gasteiger partial charge in [0.05, 0.1) is 17.5 Å². The molecule has 1 fully saturated rings. The van der Waals surface area contributed by atoms with E-state index in [1.54, 1.807) is 36.0 Å². The zero-order valence-corrected chi connectivity index (χ0v) is 20.9. The molecular weight excluding hydrogens is 442 g/mol.